The minimum atomic E-state index is -0.0811. The van der Waals surface area contributed by atoms with Crippen LogP contribution >= 0.6 is 24.0 Å². The van der Waals surface area contributed by atoms with Crippen molar-refractivity contribution in [1.82, 2.24) is 9.80 Å². The Kier molecular flexibility index (Phi) is 7.65. The van der Waals surface area contributed by atoms with E-state index >= 15 is 0 Å². The molecule has 0 saturated carbocycles. The van der Waals surface area contributed by atoms with Gasteiger partial charge in [-0.1, -0.05) is 54.3 Å². The van der Waals surface area contributed by atoms with Crippen molar-refractivity contribution in [3.63, 3.8) is 0 Å². The van der Waals surface area contributed by atoms with Gasteiger partial charge in [0.1, 0.15) is 4.32 Å². The van der Waals surface area contributed by atoms with Crippen LogP contribution in [0.4, 0.5) is 0 Å². The summed E-state index contributed by atoms with van der Waals surface area (Å²) in [6, 6.07) is 9.86. The molecule has 5 nitrogen and oxygen atoms in total. The molecule has 2 aliphatic rings. The summed E-state index contributed by atoms with van der Waals surface area (Å²) < 4.78 is 0.552. The highest BCUT2D eigenvalue weighted by Crippen LogP contribution is 2.32. The van der Waals surface area contributed by atoms with Gasteiger partial charge < -0.3 is 10.0 Å². The number of likely N-dealkylation sites (tertiary alicyclic amines) is 1. The van der Waals surface area contributed by atoms with Gasteiger partial charge in [-0.2, -0.15) is 0 Å². The van der Waals surface area contributed by atoms with E-state index in [0.717, 1.165) is 31.4 Å². The number of carbonyl (C=O) groups is 2. The fourth-order valence-electron chi connectivity index (χ4n) is 3.70. The largest absolute Gasteiger partial charge is 0.396 e. The smallest absolute Gasteiger partial charge is 0.266 e. The summed E-state index contributed by atoms with van der Waals surface area (Å²) in [5, 5.41) is 9.22. The lowest BCUT2D eigenvalue weighted by Crippen LogP contribution is -2.44. The van der Waals surface area contributed by atoms with Crippen LogP contribution in [0, 0.1) is 0 Å². The van der Waals surface area contributed by atoms with E-state index in [-0.39, 0.29) is 24.5 Å². The molecular formula is C21H26N2O3S2. The number of carbonyl (C=O) groups excluding carboxylic acids is 2. The maximum absolute atomic E-state index is 12.7. The van der Waals surface area contributed by atoms with Crippen LogP contribution in [0.15, 0.2) is 35.2 Å². The van der Waals surface area contributed by atoms with Crippen LogP contribution in [0.2, 0.25) is 0 Å². The lowest BCUT2D eigenvalue weighted by Gasteiger charge is -2.35. The first-order valence-electron chi connectivity index (χ1n) is 9.81. The van der Waals surface area contributed by atoms with E-state index in [1.807, 2.05) is 41.3 Å². The Morgan fingerprint density at radius 1 is 1.29 bits per heavy atom. The second kappa shape index (κ2) is 10.2. The Labute approximate surface area is 175 Å². The number of nitrogens with zero attached hydrogens (tertiary/aromatic N) is 2. The monoisotopic (exact) mass is 418 g/mol. The fraction of sp³-hybridized carbons (Fsp3) is 0.476. The average Bonchev–Trinajstić information content (AvgIpc) is 2.96. The van der Waals surface area contributed by atoms with Gasteiger partial charge in [0.05, 0.1) is 4.91 Å². The van der Waals surface area contributed by atoms with Crippen molar-refractivity contribution in [2.75, 3.05) is 19.7 Å². The molecule has 28 heavy (non-hydrogen) atoms. The topological polar surface area (TPSA) is 60.9 Å². The molecule has 2 saturated heterocycles. The highest BCUT2D eigenvalue weighted by atomic mass is 32.2. The van der Waals surface area contributed by atoms with Gasteiger partial charge in [-0.3, -0.25) is 14.5 Å². The summed E-state index contributed by atoms with van der Waals surface area (Å²) in [6.07, 6.45) is 6.59. The summed E-state index contributed by atoms with van der Waals surface area (Å²) in [6.45, 7) is 1.34. The molecule has 7 heteroatoms. The Morgan fingerprint density at radius 3 is 2.82 bits per heavy atom. The lowest BCUT2D eigenvalue weighted by atomic mass is 9.99. The molecule has 2 aliphatic heterocycles. The molecule has 1 aromatic rings. The molecule has 150 valence electrons. The summed E-state index contributed by atoms with van der Waals surface area (Å²) in [5.41, 5.74) is 0.971. The summed E-state index contributed by atoms with van der Waals surface area (Å²) >= 11 is 6.69. The minimum Gasteiger partial charge on any atom is -0.396 e. The maximum atomic E-state index is 12.7. The number of rotatable bonds is 7. The van der Waals surface area contributed by atoms with E-state index in [2.05, 4.69) is 0 Å². The van der Waals surface area contributed by atoms with E-state index in [0.29, 0.717) is 35.0 Å². The first-order valence-corrected chi connectivity index (χ1v) is 11.0. The van der Waals surface area contributed by atoms with Crippen molar-refractivity contribution in [2.45, 2.75) is 44.6 Å². The standard InChI is InChI=1S/C21H26N2O3S2/c24-14-11-17-9-4-5-12-22(17)19(25)10-6-13-23-20(26)18(28-21(23)27)15-16-7-2-1-3-8-16/h1-3,7-8,15,17,24H,4-6,9-14H2/b18-15-/t17-/m0/s1. The number of piperidine rings is 1. The molecule has 3 rings (SSSR count). The second-order valence-corrected chi connectivity index (χ2v) is 8.77. The van der Waals surface area contributed by atoms with Crippen LogP contribution < -0.4 is 0 Å². The predicted molar refractivity (Wildman–Crippen MR) is 117 cm³/mol. The third-order valence-corrected chi connectivity index (χ3v) is 6.53. The van der Waals surface area contributed by atoms with Crippen molar-refractivity contribution < 1.29 is 14.7 Å². The fourth-order valence-corrected chi connectivity index (χ4v) is 5.01. The highest BCUT2D eigenvalue weighted by Gasteiger charge is 2.32. The van der Waals surface area contributed by atoms with Crippen LogP contribution in [0.3, 0.4) is 0 Å². The van der Waals surface area contributed by atoms with Crippen LogP contribution in [-0.4, -0.2) is 56.8 Å². The molecule has 0 aliphatic carbocycles. The molecule has 0 aromatic heterocycles. The molecule has 0 spiro atoms. The zero-order valence-corrected chi connectivity index (χ0v) is 17.5. The molecular weight excluding hydrogens is 392 g/mol. The van der Waals surface area contributed by atoms with Gasteiger partial charge in [-0.25, -0.2) is 0 Å². The van der Waals surface area contributed by atoms with Gasteiger partial charge in [0.2, 0.25) is 5.91 Å². The SMILES string of the molecule is O=C1/C(=C/c2ccccc2)SC(=S)N1CCCC(=O)N1CCCC[C@H]1CCO. The van der Waals surface area contributed by atoms with Crippen molar-refractivity contribution >= 4 is 46.2 Å². The Balaban J connectivity index is 1.53. The predicted octanol–water partition coefficient (Wildman–Crippen LogP) is 3.43. The molecule has 1 N–H and O–H groups in total. The Hall–Kier alpha value is -1.70. The summed E-state index contributed by atoms with van der Waals surface area (Å²) in [7, 11) is 0. The number of amides is 2. The minimum absolute atomic E-state index is 0.0811. The number of thiocarbonyl (C=S) groups is 1. The summed E-state index contributed by atoms with van der Waals surface area (Å²) in [4.78, 5) is 29.4. The molecule has 1 atom stereocenters. The number of hydrogen-bond donors (Lipinski definition) is 1. The molecule has 2 fully saturated rings. The average molecular weight is 419 g/mol. The van der Waals surface area contributed by atoms with Crippen LogP contribution in [0.5, 0.6) is 0 Å². The Bertz CT molecular complexity index is 749. The van der Waals surface area contributed by atoms with E-state index in [1.54, 1.807) is 4.90 Å². The van der Waals surface area contributed by atoms with E-state index in [9.17, 15) is 14.7 Å². The molecule has 2 heterocycles. The van der Waals surface area contributed by atoms with Crippen molar-refractivity contribution in [1.29, 1.82) is 0 Å². The van der Waals surface area contributed by atoms with E-state index < -0.39 is 0 Å². The van der Waals surface area contributed by atoms with Gasteiger partial charge in [0.15, 0.2) is 0 Å². The molecule has 2 amide bonds. The lowest BCUT2D eigenvalue weighted by molar-refractivity contribution is -0.135. The second-order valence-electron chi connectivity index (χ2n) is 7.10. The van der Waals surface area contributed by atoms with Crippen molar-refractivity contribution in [3.05, 3.63) is 40.8 Å². The number of thioether (sulfide) groups is 1. The first kappa shape index (κ1) is 21.0. The Morgan fingerprint density at radius 2 is 2.07 bits per heavy atom. The molecule has 0 unspecified atom stereocenters. The van der Waals surface area contributed by atoms with Crippen LogP contribution in [0.1, 0.15) is 44.1 Å². The molecule has 1 aromatic carbocycles. The van der Waals surface area contributed by atoms with Crippen LogP contribution in [0.25, 0.3) is 6.08 Å². The van der Waals surface area contributed by atoms with E-state index in [1.165, 1.54) is 11.8 Å². The zero-order valence-electron chi connectivity index (χ0n) is 15.9. The number of hydrogen-bond acceptors (Lipinski definition) is 5. The van der Waals surface area contributed by atoms with Gasteiger partial charge in [-0.05, 0) is 43.7 Å². The number of aliphatic hydroxyl groups excluding tert-OH is 1. The number of aliphatic hydroxyl groups is 1. The van der Waals surface area contributed by atoms with Crippen LogP contribution in [-0.2, 0) is 9.59 Å². The summed E-state index contributed by atoms with van der Waals surface area (Å²) in [5.74, 6) is 0.0332. The third kappa shape index (κ3) is 5.21. The first-order chi connectivity index (χ1) is 13.6. The number of benzene rings is 1. The van der Waals surface area contributed by atoms with Crippen molar-refractivity contribution in [3.8, 4) is 0 Å². The quantitative estimate of drug-likeness (QED) is 0.543. The molecule has 0 bridgehead atoms. The van der Waals surface area contributed by atoms with Gasteiger partial charge in [-0.15, -0.1) is 0 Å². The highest BCUT2D eigenvalue weighted by molar-refractivity contribution is 8.26. The zero-order chi connectivity index (χ0) is 19.9. The molecule has 0 radical (unpaired) electrons. The third-order valence-electron chi connectivity index (χ3n) is 5.15. The van der Waals surface area contributed by atoms with Gasteiger partial charge in [0.25, 0.3) is 5.91 Å². The maximum Gasteiger partial charge on any atom is 0.266 e. The van der Waals surface area contributed by atoms with E-state index in [4.69, 9.17) is 12.2 Å². The van der Waals surface area contributed by atoms with Gasteiger partial charge in [0, 0.05) is 32.2 Å². The van der Waals surface area contributed by atoms with Crippen molar-refractivity contribution in [2.24, 2.45) is 0 Å². The van der Waals surface area contributed by atoms with Gasteiger partial charge >= 0.3 is 0 Å². The normalized spacial score (nSPS) is 21.6.